The third-order valence-corrected chi connectivity index (χ3v) is 6.08. The maximum Gasteiger partial charge on any atom is 0.220 e. The predicted molar refractivity (Wildman–Crippen MR) is 81.9 cm³/mol. The van der Waals surface area contributed by atoms with Crippen LogP contribution in [0, 0.1) is 23.7 Å². The number of carbonyl (C=O) groups excluding carboxylic acids is 1. The van der Waals surface area contributed by atoms with Gasteiger partial charge in [-0.15, -0.1) is 12.4 Å². The second kappa shape index (κ2) is 5.49. The highest BCUT2D eigenvalue weighted by Crippen LogP contribution is 2.55. The molecule has 1 saturated heterocycles. The third kappa shape index (κ3) is 2.71. The smallest absolute Gasteiger partial charge is 0.220 e. The van der Waals surface area contributed by atoms with Crippen LogP contribution in [-0.2, 0) is 4.79 Å². The van der Waals surface area contributed by atoms with Crippen LogP contribution in [0.15, 0.2) is 0 Å². The van der Waals surface area contributed by atoms with E-state index in [4.69, 9.17) is 0 Å². The standard InChI is InChI=1S/C16H26N2O.ClH/c19-15(6-11-1-2-17-10-11)18-16-7-12-3-13(8-16)5-14(4-12)9-16;/h11-14,17H,1-10H2,(H,18,19);1H. The van der Waals surface area contributed by atoms with Gasteiger partial charge >= 0.3 is 0 Å². The zero-order valence-corrected chi connectivity index (χ0v) is 13.0. The summed E-state index contributed by atoms with van der Waals surface area (Å²) in [7, 11) is 0. The van der Waals surface area contributed by atoms with E-state index in [1.54, 1.807) is 0 Å². The lowest BCUT2D eigenvalue weighted by Gasteiger charge is -2.57. The quantitative estimate of drug-likeness (QED) is 0.840. The molecule has 5 rings (SSSR count). The topological polar surface area (TPSA) is 41.1 Å². The minimum Gasteiger partial charge on any atom is -0.351 e. The van der Waals surface area contributed by atoms with Crippen LogP contribution in [0.1, 0.15) is 51.4 Å². The van der Waals surface area contributed by atoms with Gasteiger partial charge < -0.3 is 10.6 Å². The molecule has 4 aliphatic carbocycles. The summed E-state index contributed by atoms with van der Waals surface area (Å²) in [5, 5.41) is 6.84. The van der Waals surface area contributed by atoms with Crippen molar-refractivity contribution in [3.05, 3.63) is 0 Å². The molecule has 20 heavy (non-hydrogen) atoms. The van der Waals surface area contributed by atoms with Crippen molar-refractivity contribution in [2.75, 3.05) is 13.1 Å². The fraction of sp³-hybridized carbons (Fsp3) is 0.938. The average molecular weight is 299 g/mol. The van der Waals surface area contributed by atoms with Gasteiger partial charge in [0, 0.05) is 12.0 Å². The van der Waals surface area contributed by atoms with Crippen LogP contribution in [-0.4, -0.2) is 24.5 Å². The van der Waals surface area contributed by atoms with E-state index in [1.807, 2.05) is 0 Å². The van der Waals surface area contributed by atoms with Crippen molar-refractivity contribution >= 4 is 18.3 Å². The molecule has 0 aromatic carbocycles. The highest BCUT2D eigenvalue weighted by Gasteiger charge is 2.51. The van der Waals surface area contributed by atoms with E-state index in [0.29, 0.717) is 11.8 Å². The molecule has 3 nitrogen and oxygen atoms in total. The van der Waals surface area contributed by atoms with Gasteiger partial charge in [-0.2, -0.15) is 0 Å². The average Bonchev–Trinajstić information content (AvgIpc) is 2.78. The SMILES string of the molecule is Cl.O=C(CC1CCNC1)NC12CC3CC(CC(C3)C1)C2. The van der Waals surface area contributed by atoms with Crippen molar-refractivity contribution < 1.29 is 4.79 Å². The Kier molecular flexibility index (Phi) is 4.02. The van der Waals surface area contributed by atoms with E-state index in [9.17, 15) is 4.79 Å². The van der Waals surface area contributed by atoms with Gasteiger partial charge in [-0.3, -0.25) is 4.79 Å². The number of carbonyl (C=O) groups is 1. The first kappa shape index (κ1) is 14.6. The highest BCUT2D eigenvalue weighted by atomic mass is 35.5. The molecule has 5 aliphatic rings. The normalized spacial score (nSPS) is 45.2. The molecule has 0 spiro atoms. The molecule has 4 heteroatoms. The summed E-state index contributed by atoms with van der Waals surface area (Å²) in [6.45, 7) is 2.13. The minimum atomic E-state index is 0. The molecule has 1 amide bonds. The lowest BCUT2D eigenvalue weighted by molar-refractivity contribution is -0.127. The number of amides is 1. The summed E-state index contributed by atoms with van der Waals surface area (Å²) in [4.78, 5) is 12.3. The van der Waals surface area contributed by atoms with Gasteiger partial charge in [0.1, 0.15) is 0 Å². The van der Waals surface area contributed by atoms with E-state index < -0.39 is 0 Å². The lowest BCUT2D eigenvalue weighted by atomic mass is 9.53. The number of nitrogens with one attached hydrogen (secondary N) is 2. The van der Waals surface area contributed by atoms with Gasteiger partial charge in [0.15, 0.2) is 0 Å². The van der Waals surface area contributed by atoms with Crippen molar-refractivity contribution in [2.45, 2.75) is 56.9 Å². The lowest BCUT2D eigenvalue weighted by Crippen LogP contribution is -2.60. The van der Waals surface area contributed by atoms with E-state index in [0.717, 1.165) is 37.3 Å². The predicted octanol–water partition coefficient (Wildman–Crippen LogP) is 2.49. The number of hydrogen-bond donors (Lipinski definition) is 2. The third-order valence-electron chi connectivity index (χ3n) is 6.08. The van der Waals surface area contributed by atoms with Crippen LogP contribution in [0.4, 0.5) is 0 Å². The summed E-state index contributed by atoms with van der Waals surface area (Å²) < 4.78 is 0. The Morgan fingerprint density at radius 3 is 2.20 bits per heavy atom. The van der Waals surface area contributed by atoms with Gasteiger partial charge in [-0.25, -0.2) is 0 Å². The van der Waals surface area contributed by atoms with Gasteiger partial charge in [-0.1, -0.05) is 0 Å². The van der Waals surface area contributed by atoms with Crippen molar-refractivity contribution in [3.8, 4) is 0 Å². The molecule has 4 saturated carbocycles. The summed E-state index contributed by atoms with van der Waals surface area (Å²) in [5.41, 5.74) is 0.206. The second-order valence-electron chi connectivity index (χ2n) is 7.81. The van der Waals surface area contributed by atoms with E-state index in [1.165, 1.54) is 44.9 Å². The molecule has 1 aliphatic heterocycles. The van der Waals surface area contributed by atoms with Crippen LogP contribution < -0.4 is 10.6 Å². The monoisotopic (exact) mass is 298 g/mol. The highest BCUT2D eigenvalue weighted by molar-refractivity contribution is 5.85. The Labute approximate surface area is 128 Å². The van der Waals surface area contributed by atoms with Gasteiger partial charge in [0.25, 0.3) is 0 Å². The molecule has 114 valence electrons. The molecule has 0 aromatic rings. The van der Waals surface area contributed by atoms with Crippen LogP contribution in [0.5, 0.6) is 0 Å². The Balaban J connectivity index is 0.00000121. The molecule has 1 heterocycles. The van der Waals surface area contributed by atoms with Gasteiger partial charge in [0.05, 0.1) is 0 Å². The molecule has 0 aromatic heterocycles. The van der Waals surface area contributed by atoms with E-state index in [-0.39, 0.29) is 17.9 Å². The Morgan fingerprint density at radius 2 is 1.70 bits per heavy atom. The maximum atomic E-state index is 12.3. The van der Waals surface area contributed by atoms with Crippen molar-refractivity contribution in [3.63, 3.8) is 0 Å². The summed E-state index contributed by atoms with van der Waals surface area (Å²) in [6, 6.07) is 0. The van der Waals surface area contributed by atoms with Gasteiger partial charge in [0.2, 0.25) is 5.91 Å². The van der Waals surface area contributed by atoms with E-state index >= 15 is 0 Å². The first-order chi connectivity index (χ1) is 9.21. The van der Waals surface area contributed by atoms with Crippen LogP contribution in [0.3, 0.4) is 0 Å². The minimum absolute atomic E-state index is 0. The summed E-state index contributed by atoms with van der Waals surface area (Å²) in [5.74, 6) is 3.66. The summed E-state index contributed by atoms with van der Waals surface area (Å²) >= 11 is 0. The number of rotatable bonds is 3. The van der Waals surface area contributed by atoms with Crippen LogP contribution in [0.2, 0.25) is 0 Å². The first-order valence-corrected chi connectivity index (χ1v) is 8.22. The first-order valence-electron chi connectivity index (χ1n) is 8.22. The molecule has 1 unspecified atom stereocenters. The molecular formula is C16H27ClN2O. The molecule has 5 fully saturated rings. The van der Waals surface area contributed by atoms with Crippen molar-refractivity contribution in [2.24, 2.45) is 23.7 Å². The molecular weight excluding hydrogens is 272 g/mol. The maximum absolute atomic E-state index is 12.3. The fourth-order valence-corrected chi connectivity index (χ4v) is 5.76. The van der Waals surface area contributed by atoms with Crippen LogP contribution in [0.25, 0.3) is 0 Å². The number of hydrogen-bond acceptors (Lipinski definition) is 2. The fourth-order valence-electron chi connectivity index (χ4n) is 5.76. The zero-order valence-electron chi connectivity index (χ0n) is 12.2. The molecule has 1 atom stereocenters. The molecule has 2 N–H and O–H groups in total. The Morgan fingerprint density at radius 1 is 1.10 bits per heavy atom. The number of halogens is 1. The summed E-state index contributed by atoms with van der Waals surface area (Å²) in [6.07, 6.45) is 10.1. The largest absolute Gasteiger partial charge is 0.351 e. The van der Waals surface area contributed by atoms with Crippen LogP contribution >= 0.6 is 12.4 Å². The van der Waals surface area contributed by atoms with Crippen molar-refractivity contribution in [1.82, 2.24) is 10.6 Å². The van der Waals surface area contributed by atoms with Crippen molar-refractivity contribution in [1.29, 1.82) is 0 Å². The zero-order chi connectivity index (χ0) is 12.9. The molecule has 4 bridgehead atoms. The Hall–Kier alpha value is -0.280. The second-order valence-corrected chi connectivity index (χ2v) is 7.81. The Bertz CT molecular complexity index is 343. The molecule has 0 radical (unpaired) electrons. The van der Waals surface area contributed by atoms with E-state index in [2.05, 4.69) is 10.6 Å². The van der Waals surface area contributed by atoms with Gasteiger partial charge in [-0.05, 0) is 81.7 Å².